The van der Waals surface area contributed by atoms with Crippen molar-refractivity contribution in [3.05, 3.63) is 35.6 Å². The van der Waals surface area contributed by atoms with Crippen molar-refractivity contribution in [2.45, 2.75) is 6.54 Å². The molecular weight excluding hydrogens is 267 g/mol. The zero-order valence-corrected chi connectivity index (χ0v) is 11.1. The predicted molar refractivity (Wildman–Crippen MR) is 69.7 cm³/mol. The van der Waals surface area contributed by atoms with E-state index in [1.54, 1.807) is 6.07 Å². The third-order valence-corrected chi connectivity index (χ3v) is 2.51. The molecule has 0 fully saturated rings. The number of amides is 2. The minimum Gasteiger partial charge on any atom is -0.480 e. The Labute approximate surface area is 116 Å². The standard InChI is InChI=1S/C13H17FN2O4/c1-20-6-5-16(9-12(17)18)13(19)15-8-10-3-2-4-11(14)7-10/h2-4,7H,5-6,8-9H2,1H3,(H,15,19)(H,17,18). The zero-order chi connectivity index (χ0) is 15.0. The molecule has 1 aromatic rings. The number of hydrogen-bond acceptors (Lipinski definition) is 3. The number of methoxy groups -OCH3 is 1. The first-order valence-electron chi connectivity index (χ1n) is 6.01. The highest BCUT2D eigenvalue weighted by molar-refractivity contribution is 5.80. The molecule has 0 atom stereocenters. The Balaban J connectivity index is 2.54. The first-order valence-corrected chi connectivity index (χ1v) is 6.01. The number of ether oxygens (including phenoxy) is 1. The normalized spacial score (nSPS) is 10.1. The van der Waals surface area contributed by atoms with Crippen molar-refractivity contribution in [1.82, 2.24) is 10.2 Å². The van der Waals surface area contributed by atoms with Crippen LogP contribution in [0.5, 0.6) is 0 Å². The fourth-order valence-electron chi connectivity index (χ4n) is 1.55. The largest absolute Gasteiger partial charge is 0.480 e. The number of nitrogens with zero attached hydrogens (tertiary/aromatic N) is 1. The molecule has 6 nitrogen and oxygen atoms in total. The Morgan fingerprint density at radius 3 is 2.80 bits per heavy atom. The molecule has 0 saturated carbocycles. The van der Waals surface area contributed by atoms with Crippen molar-refractivity contribution in [2.24, 2.45) is 0 Å². The Bertz CT molecular complexity index is 467. The fraction of sp³-hybridized carbons (Fsp3) is 0.385. The number of rotatable bonds is 7. The van der Waals surface area contributed by atoms with Gasteiger partial charge in [0, 0.05) is 20.2 Å². The molecule has 1 aromatic carbocycles. The maximum absolute atomic E-state index is 13.0. The molecule has 0 aromatic heterocycles. The topological polar surface area (TPSA) is 78.9 Å². The summed E-state index contributed by atoms with van der Waals surface area (Å²) in [6.07, 6.45) is 0. The number of urea groups is 1. The number of halogens is 1. The van der Waals surface area contributed by atoms with Gasteiger partial charge in [0.2, 0.25) is 0 Å². The molecule has 110 valence electrons. The van der Waals surface area contributed by atoms with Crippen molar-refractivity contribution in [3.63, 3.8) is 0 Å². The summed E-state index contributed by atoms with van der Waals surface area (Å²) in [7, 11) is 1.46. The van der Waals surface area contributed by atoms with Crippen molar-refractivity contribution in [3.8, 4) is 0 Å². The average molecular weight is 284 g/mol. The van der Waals surface area contributed by atoms with Gasteiger partial charge in [-0.2, -0.15) is 0 Å². The van der Waals surface area contributed by atoms with E-state index in [4.69, 9.17) is 9.84 Å². The van der Waals surface area contributed by atoms with Crippen LogP contribution < -0.4 is 5.32 Å². The van der Waals surface area contributed by atoms with Gasteiger partial charge in [0.05, 0.1) is 6.61 Å². The summed E-state index contributed by atoms with van der Waals surface area (Å²) in [5, 5.41) is 11.3. The molecule has 0 spiro atoms. The molecule has 0 aliphatic heterocycles. The van der Waals surface area contributed by atoms with Crippen LogP contribution in [-0.2, 0) is 16.1 Å². The highest BCUT2D eigenvalue weighted by atomic mass is 19.1. The maximum atomic E-state index is 13.0. The van der Waals surface area contributed by atoms with Crippen LogP contribution in [0.1, 0.15) is 5.56 Å². The molecular formula is C13H17FN2O4. The van der Waals surface area contributed by atoms with Gasteiger partial charge in [0.25, 0.3) is 0 Å². The molecule has 2 amide bonds. The van der Waals surface area contributed by atoms with E-state index < -0.39 is 24.4 Å². The highest BCUT2D eigenvalue weighted by Crippen LogP contribution is 2.03. The molecule has 2 N–H and O–H groups in total. The van der Waals surface area contributed by atoms with Crippen LogP contribution in [0.4, 0.5) is 9.18 Å². The van der Waals surface area contributed by atoms with Crippen molar-refractivity contribution >= 4 is 12.0 Å². The molecule has 1 rings (SSSR count). The van der Waals surface area contributed by atoms with Gasteiger partial charge in [-0.3, -0.25) is 4.79 Å². The summed E-state index contributed by atoms with van der Waals surface area (Å²) < 4.78 is 17.8. The van der Waals surface area contributed by atoms with Crippen LogP contribution in [0.3, 0.4) is 0 Å². The monoisotopic (exact) mass is 284 g/mol. The number of carboxylic acids is 1. The van der Waals surface area contributed by atoms with Crippen molar-refractivity contribution in [2.75, 3.05) is 26.8 Å². The second-order valence-electron chi connectivity index (χ2n) is 4.10. The van der Waals surface area contributed by atoms with Gasteiger partial charge in [-0.05, 0) is 17.7 Å². The Kier molecular flexibility index (Phi) is 6.45. The molecule has 0 aliphatic rings. The van der Waals surface area contributed by atoms with Gasteiger partial charge < -0.3 is 20.1 Å². The van der Waals surface area contributed by atoms with Crippen LogP contribution in [-0.4, -0.2) is 48.8 Å². The van der Waals surface area contributed by atoms with Crippen LogP contribution in [0.2, 0.25) is 0 Å². The first kappa shape index (κ1) is 15.9. The smallest absolute Gasteiger partial charge is 0.323 e. The summed E-state index contributed by atoms with van der Waals surface area (Å²) >= 11 is 0. The van der Waals surface area contributed by atoms with E-state index in [0.29, 0.717) is 5.56 Å². The Morgan fingerprint density at radius 1 is 1.45 bits per heavy atom. The molecule has 0 bridgehead atoms. The second kappa shape index (κ2) is 8.11. The predicted octanol–water partition coefficient (Wildman–Crippen LogP) is 1.07. The van der Waals surface area contributed by atoms with E-state index in [9.17, 15) is 14.0 Å². The lowest BCUT2D eigenvalue weighted by atomic mass is 10.2. The number of nitrogens with one attached hydrogen (secondary N) is 1. The average Bonchev–Trinajstić information content (AvgIpc) is 2.40. The first-order chi connectivity index (χ1) is 9.52. The van der Waals surface area contributed by atoms with Crippen LogP contribution in [0, 0.1) is 5.82 Å². The fourth-order valence-corrected chi connectivity index (χ4v) is 1.55. The molecule has 0 aliphatic carbocycles. The van der Waals surface area contributed by atoms with Crippen LogP contribution in [0.15, 0.2) is 24.3 Å². The lowest BCUT2D eigenvalue weighted by Gasteiger charge is -2.20. The second-order valence-corrected chi connectivity index (χ2v) is 4.10. The lowest BCUT2D eigenvalue weighted by molar-refractivity contribution is -0.137. The molecule has 0 saturated heterocycles. The highest BCUT2D eigenvalue weighted by Gasteiger charge is 2.16. The Hall–Kier alpha value is -2.15. The summed E-state index contributed by atoms with van der Waals surface area (Å²) in [4.78, 5) is 23.6. The van der Waals surface area contributed by atoms with Crippen molar-refractivity contribution < 1.29 is 23.8 Å². The van der Waals surface area contributed by atoms with E-state index in [1.165, 1.54) is 25.3 Å². The zero-order valence-electron chi connectivity index (χ0n) is 11.1. The number of carbonyl (C=O) groups is 2. The lowest BCUT2D eigenvalue weighted by Crippen LogP contribution is -2.44. The van der Waals surface area contributed by atoms with Gasteiger partial charge >= 0.3 is 12.0 Å². The van der Waals surface area contributed by atoms with Crippen molar-refractivity contribution in [1.29, 1.82) is 0 Å². The molecule has 20 heavy (non-hydrogen) atoms. The SMILES string of the molecule is COCCN(CC(=O)O)C(=O)NCc1cccc(F)c1. The number of aliphatic carboxylic acids is 1. The van der Waals surface area contributed by atoms with E-state index in [2.05, 4.69) is 5.32 Å². The van der Waals surface area contributed by atoms with E-state index in [-0.39, 0.29) is 19.7 Å². The van der Waals surface area contributed by atoms with Gasteiger partial charge in [0.1, 0.15) is 12.4 Å². The Morgan fingerprint density at radius 2 is 2.20 bits per heavy atom. The molecule has 0 unspecified atom stereocenters. The molecule has 0 heterocycles. The third kappa shape index (κ3) is 5.66. The van der Waals surface area contributed by atoms with Gasteiger partial charge in [-0.1, -0.05) is 12.1 Å². The number of carboxylic acid groups (broad SMARTS) is 1. The van der Waals surface area contributed by atoms with E-state index in [1.807, 2.05) is 0 Å². The van der Waals surface area contributed by atoms with E-state index in [0.717, 1.165) is 4.90 Å². The minimum absolute atomic E-state index is 0.125. The maximum Gasteiger partial charge on any atom is 0.323 e. The van der Waals surface area contributed by atoms with Crippen LogP contribution >= 0.6 is 0 Å². The number of carbonyl (C=O) groups excluding carboxylic acids is 1. The third-order valence-electron chi connectivity index (χ3n) is 2.51. The quantitative estimate of drug-likeness (QED) is 0.785. The summed E-state index contributed by atoms with van der Waals surface area (Å²) in [5.41, 5.74) is 0.598. The summed E-state index contributed by atoms with van der Waals surface area (Å²) in [6, 6.07) is 5.28. The minimum atomic E-state index is -1.11. The van der Waals surface area contributed by atoms with E-state index >= 15 is 0 Å². The van der Waals surface area contributed by atoms with Gasteiger partial charge in [0.15, 0.2) is 0 Å². The molecule has 0 radical (unpaired) electrons. The van der Waals surface area contributed by atoms with Crippen LogP contribution in [0.25, 0.3) is 0 Å². The molecule has 7 heteroatoms. The summed E-state index contributed by atoms with van der Waals surface area (Å²) in [6.45, 7) is 0.108. The van der Waals surface area contributed by atoms with Gasteiger partial charge in [-0.25, -0.2) is 9.18 Å². The summed E-state index contributed by atoms with van der Waals surface area (Å²) in [5.74, 6) is -1.50. The number of hydrogen-bond donors (Lipinski definition) is 2. The van der Waals surface area contributed by atoms with Gasteiger partial charge in [-0.15, -0.1) is 0 Å². The number of benzene rings is 1.